The predicted molar refractivity (Wildman–Crippen MR) is 27.9 cm³/mol. The lowest BCUT2D eigenvalue weighted by atomic mass is 10.1. The SMILES string of the molecule is [2H][C@H]1[C@@H]2O[C@@H]2[C@@H]2OC[C@H]1O2. The molecule has 0 saturated carbocycles. The summed E-state index contributed by atoms with van der Waals surface area (Å²) in [6, 6.07) is 0. The lowest BCUT2D eigenvalue weighted by molar-refractivity contribution is -0.0784. The number of fused-ring (bicyclic) bond motifs is 4. The zero-order valence-electron chi connectivity index (χ0n) is 5.82. The Morgan fingerprint density at radius 1 is 1.44 bits per heavy atom. The summed E-state index contributed by atoms with van der Waals surface area (Å²) in [5.74, 6) is 0. The largest absolute Gasteiger partial charge is 0.364 e. The Kier molecular flexibility index (Phi) is 0.568. The number of rotatable bonds is 0. The first-order valence-corrected chi connectivity index (χ1v) is 3.21. The summed E-state index contributed by atoms with van der Waals surface area (Å²) in [6.45, 7) is 0.579. The summed E-state index contributed by atoms with van der Waals surface area (Å²) in [7, 11) is 0. The second-order valence-electron chi connectivity index (χ2n) is 2.63. The van der Waals surface area contributed by atoms with Crippen LogP contribution in [0.5, 0.6) is 0 Å². The minimum atomic E-state index is -0.219. The lowest BCUT2D eigenvalue weighted by Crippen LogP contribution is -2.26. The van der Waals surface area contributed by atoms with E-state index in [1.54, 1.807) is 0 Å². The van der Waals surface area contributed by atoms with Crippen molar-refractivity contribution in [2.24, 2.45) is 0 Å². The monoisotopic (exact) mass is 129 g/mol. The quantitative estimate of drug-likeness (QED) is 0.428. The molecule has 0 aromatic heterocycles. The van der Waals surface area contributed by atoms with Crippen LogP contribution in [0.1, 0.15) is 7.77 Å². The van der Waals surface area contributed by atoms with Crippen molar-refractivity contribution < 1.29 is 15.6 Å². The maximum atomic E-state index is 7.57. The Bertz CT molecular complexity index is 172. The molecular formula is C6H8O3. The molecule has 0 radical (unpaired) electrons. The molecule has 0 aliphatic carbocycles. The Hall–Kier alpha value is -0.120. The smallest absolute Gasteiger partial charge is 0.186 e. The summed E-state index contributed by atoms with van der Waals surface area (Å²) >= 11 is 0. The highest BCUT2D eigenvalue weighted by atomic mass is 16.8. The molecule has 3 heteroatoms. The molecule has 3 saturated heterocycles. The third-order valence-electron chi connectivity index (χ3n) is 1.97. The van der Waals surface area contributed by atoms with E-state index in [9.17, 15) is 0 Å². The highest BCUT2D eigenvalue weighted by Crippen LogP contribution is 2.40. The van der Waals surface area contributed by atoms with Gasteiger partial charge < -0.3 is 14.2 Å². The fourth-order valence-corrected chi connectivity index (χ4v) is 1.44. The fraction of sp³-hybridized carbons (Fsp3) is 1.00. The van der Waals surface area contributed by atoms with Crippen molar-refractivity contribution in [1.82, 2.24) is 0 Å². The van der Waals surface area contributed by atoms with Crippen molar-refractivity contribution in [1.29, 1.82) is 0 Å². The van der Waals surface area contributed by atoms with Crippen molar-refractivity contribution in [3.05, 3.63) is 0 Å². The molecule has 9 heavy (non-hydrogen) atoms. The number of epoxide rings is 1. The van der Waals surface area contributed by atoms with Gasteiger partial charge in [0.2, 0.25) is 0 Å². The van der Waals surface area contributed by atoms with Crippen LogP contribution in [0.25, 0.3) is 0 Å². The molecule has 0 N–H and O–H groups in total. The number of hydrogen-bond donors (Lipinski definition) is 0. The van der Waals surface area contributed by atoms with Crippen LogP contribution in [0, 0.1) is 0 Å². The molecule has 3 aliphatic heterocycles. The summed E-state index contributed by atoms with van der Waals surface area (Å²) in [6.07, 6.45) is -0.235. The second-order valence-corrected chi connectivity index (χ2v) is 2.63. The van der Waals surface area contributed by atoms with Crippen LogP contribution < -0.4 is 0 Å². The van der Waals surface area contributed by atoms with Gasteiger partial charge in [0.05, 0.1) is 18.8 Å². The van der Waals surface area contributed by atoms with Crippen LogP contribution in [-0.4, -0.2) is 31.2 Å². The van der Waals surface area contributed by atoms with E-state index in [1.807, 2.05) is 0 Å². The van der Waals surface area contributed by atoms with E-state index in [1.165, 1.54) is 0 Å². The van der Waals surface area contributed by atoms with E-state index in [2.05, 4.69) is 0 Å². The summed E-state index contributed by atoms with van der Waals surface area (Å²) in [5.41, 5.74) is 0. The van der Waals surface area contributed by atoms with Crippen molar-refractivity contribution in [3.63, 3.8) is 0 Å². The summed E-state index contributed by atoms with van der Waals surface area (Å²) < 4.78 is 23.3. The van der Waals surface area contributed by atoms with Gasteiger partial charge in [-0.15, -0.1) is 0 Å². The van der Waals surface area contributed by atoms with Gasteiger partial charge in [0, 0.05) is 7.77 Å². The molecule has 50 valence electrons. The zero-order chi connectivity index (χ0) is 6.72. The van der Waals surface area contributed by atoms with Crippen LogP contribution in [0.15, 0.2) is 0 Å². The predicted octanol–water partition coefficient (Wildman–Crippen LogP) is -0.101. The second kappa shape index (κ2) is 1.31. The first-order chi connectivity index (χ1) is 4.86. The van der Waals surface area contributed by atoms with Crippen molar-refractivity contribution in [3.8, 4) is 0 Å². The molecule has 0 aromatic rings. The van der Waals surface area contributed by atoms with Gasteiger partial charge in [-0.05, 0) is 0 Å². The van der Waals surface area contributed by atoms with Gasteiger partial charge in [-0.25, -0.2) is 0 Å². The third-order valence-corrected chi connectivity index (χ3v) is 1.97. The third kappa shape index (κ3) is 0.520. The maximum Gasteiger partial charge on any atom is 0.186 e. The first kappa shape index (κ1) is 3.91. The number of hydrogen-bond acceptors (Lipinski definition) is 3. The molecule has 0 aromatic carbocycles. The Morgan fingerprint density at radius 2 is 2.44 bits per heavy atom. The highest BCUT2D eigenvalue weighted by Gasteiger charge is 2.55. The minimum Gasteiger partial charge on any atom is -0.364 e. The molecule has 3 fully saturated rings. The Balaban J connectivity index is 1.91. The van der Waals surface area contributed by atoms with Gasteiger partial charge in [0.1, 0.15) is 6.10 Å². The maximum absolute atomic E-state index is 7.57. The molecule has 0 unspecified atom stereocenters. The molecule has 3 heterocycles. The highest BCUT2D eigenvalue weighted by molar-refractivity contribution is 4.97. The molecule has 3 aliphatic rings. The van der Waals surface area contributed by atoms with E-state index >= 15 is 0 Å². The van der Waals surface area contributed by atoms with Crippen LogP contribution >= 0.6 is 0 Å². The van der Waals surface area contributed by atoms with Crippen LogP contribution in [0.3, 0.4) is 0 Å². The average molecular weight is 129 g/mol. The van der Waals surface area contributed by atoms with Crippen LogP contribution in [-0.2, 0) is 14.2 Å². The topological polar surface area (TPSA) is 31.0 Å². The molecule has 0 amide bonds. The van der Waals surface area contributed by atoms with Crippen LogP contribution in [0.2, 0.25) is 0 Å². The average Bonchev–Trinajstić information content (AvgIpc) is 2.61. The van der Waals surface area contributed by atoms with Crippen molar-refractivity contribution >= 4 is 0 Å². The Morgan fingerprint density at radius 3 is 3.44 bits per heavy atom. The van der Waals surface area contributed by atoms with Crippen molar-refractivity contribution in [2.75, 3.05) is 6.61 Å². The molecule has 2 bridgehead atoms. The Labute approximate surface area is 54.3 Å². The van der Waals surface area contributed by atoms with Crippen molar-refractivity contribution in [2.45, 2.75) is 31.0 Å². The molecule has 3 nitrogen and oxygen atoms in total. The molecule has 3 rings (SSSR count). The van der Waals surface area contributed by atoms with Gasteiger partial charge in [0.25, 0.3) is 0 Å². The van der Waals surface area contributed by atoms with E-state index < -0.39 is 0 Å². The molecule has 5 atom stereocenters. The summed E-state index contributed by atoms with van der Waals surface area (Å²) in [4.78, 5) is 0. The zero-order valence-corrected chi connectivity index (χ0v) is 4.82. The molecule has 0 spiro atoms. The first-order valence-electron chi connectivity index (χ1n) is 3.79. The minimum absolute atomic E-state index is 0.0336. The van der Waals surface area contributed by atoms with E-state index in [0.29, 0.717) is 6.61 Å². The van der Waals surface area contributed by atoms with E-state index in [4.69, 9.17) is 15.6 Å². The molecular weight excluding hydrogens is 120 g/mol. The van der Waals surface area contributed by atoms with Crippen LogP contribution in [0.4, 0.5) is 0 Å². The van der Waals surface area contributed by atoms with Gasteiger partial charge in [0.15, 0.2) is 6.29 Å². The standard InChI is InChI=1S/C6H8O3/c1-3-2-7-6(8-3)5-4(1)9-5/h3-6H,1-2H2/t3-,4-,5-,6+/m0/s1/i1D/t1-,3+,4+,5+,6-/m1. The van der Waals surface area contributed by atoms with E-state index in [0.717, 1.165) is 0 Å². The lowest BCUT2D eigenvalue weighted by Gasteiger charge is -2.12. The van der Waals surface area contributed by atoms with Gasteiger partial charge >= 0.3 is 0 Å². The van der Waals surface area contributed by atoms with Gasteiger partial charge in [-0.2, -0.15) is 0 Å². The summed E-state index contributed by atoms with van der Waals surface area (Å²) in [5, 5.41) is 0. The van der Waals surface area contributed by atoms with Gasteiger partial charge in [-0.3, -0.25) is 0 Å². The van der Waals surface area contributed by atoms with Gasteiger partial charge in [-0.1, -0.05) is 0 Å². The number of ether oxygens (including phenoxy) is 3. The fourth-order valence-electron chi connectivity index (χ4n) is 1.44. The normalized spacial score (nSPS) is 71.1. The van der Waals surface area contributed by atoms with E-state index in [-0.39, 0.29) is 31.0 Å².